The van der Waals surface area contributed by atoms with Gasteiger partial charge in [0.25, 0.3) is 0 Å². The van der Waals surface area contributed by atoms with Gasteiger partial charge in [0.1, 0.15) is 29.0 Å². The maximum absolute atomic E-state index is 16.2. The lowest BCUT2D eigenvalue weighted by Gasteiger charge is -2.45. The molecule has 15 heteroatoms. The molecule has 0 saturated carbocycles. The third-order valence-corrected chi connectivity index (χ3v) is 13.8. The molecule has 2 N–H and O–H groups in total. The van der Waals surface area contributed by atoms with Crippen LogP contribution in [0.25, 0.3) is 11.3 Å². The number of Topliss-reactive ketones (excluding diaryl/α,β-unsaturated/α-hetero) is 1. The number of nitrogens with zero attached hydrogens (tertiary/aromatic N) is 5. The molecule has 0 spiro atoms. The summed E-state index contributed by atoms with van der Waals surface area (Å²) in [4.78, 5) is 68.1. The number of amides is 3. The molecule has 12 nitrogen and oxygen atoms in total. The molecule has 0 radical (unpaired) electrons. The lowest BCUT2D eigenvalue weighted by atomic mass is 9.81. The van der Waals surface area contributed by atoms with Crippen molar-refractivity contribution in [2.24, 2.45) is 18.9 Å². The van der Waals surface area contributed by atoms with Crippen molar-refractivity contribution < 1.29 is 37.8 Å². The Hall–Kier alpha value is -5.96. The summed E-state index contributed by atoms with van der Waals surface area (Å²) in [6.45, 7) is 3.61. The second-order valence-electron chi connectivity index (χ2n) is 18.4. The fourth-order valence-corrected chi connectivity index (χ4v) is 9.91. The number of halogens is 3. The third kappa shape index (κ3) is 11.3. The molecule has 3 aliphatic rings. The second-order valence-corrected chi connectivity index (χ2v) is 18.8. The maximum Gasteiger partial charge on any atom is 0.226 e. The Labute approximate surface area is 394 Å². The molecule has 1 aromatic heterocycles. The number of fused-ring (bicyclic) bond motifs is 2. The Morgan fingerprint density at radius 3 is 2.31 bits per heavy atom. The van der Waals surface area contributed by atoms with Crippen LogP contribution in [-0.2, 0) is 52.2 Å². The van der Waals surface area contributed by atoms with E-state index in [4.69, 9.17) is 16.3 Å². The number of ether oxygens (including phenoxy) is 1. The highest BCUT2D eigenvalue weighted by atomic mass is 35.5. The first-order valence-electron chi connectivity index (χ1n) is 23.1. The summed E-state index contributed by atoms with van der Waals surface area (Å²) in [5.41, 5.74) is 2.28. The minimum absolute atomic E-state index is 0.121. The maximum atomic E-state index is 16.2. The molecule has 4 atom stereocenters. The molecule has 67 heavy (non-hydrogen) atoms. The topological polar surface area (TPSA) is 137 Å². The third-order valence-electron chi connectivity index (χ3n) is 13.6. The quantitative estimate of drug-likeness (QED) is 0.130. The molecular formula is C52H57ClF2N6O6. The van der Waals surface area contributed by atoms with Gasteiger partial charge >= 0.3 is 0 Å². The van der Waals surface area contributed by atoms with Crippen LogP contribution < -0.4 is 10.1 Å². The predicted molar refractivity (Wildman–Crippen MR) is 250 cm³/mol. The summed E-state index contributed by atoms with van der Waals surface area (Å²) < 4.78 is 39.5. The van der Waals surface area contributed by atoms with E-state index >= 15 is 8.78 Å². The highest BCUT2D eigenvalue weighted by Gasteiger charge is 2.43. The smallest absolute Gasteiger partial charge is 0.226 e. The molecule has 3 aliphatic heterocycles. The van der Waals surface area contributed by atoms with Crippen molar-refractivity contribution in [2.45, 2.75) is 83.0 Å². The minimum atomic E-state index is -1.27. The lowest BCUT2D eigenvalue weighted by molar-refractivity contribution is -0.147. The van der Waals surface area contributed by atoms with Gasteiger partial charge in [0.2, 0.25) is 17.7 Å². The van der Waals surface area contributed by atoms with Gasteiger partial charge in [0.15, 0.2) is 5.78 Å². The first kappa shape index (κ1) is 47.5. The largest absolute Gasteiger partial charge is 0.457 e. The Morgan fingerprint density at radius 2 is 1.60 bits per heavy atom. The molecule has 0 aliphatic carbocycles. The van der Waals surface area contributed by atoms with Crippen LogP contribution in [0, 0.1) is 23.5 Å². The number of hydrogen-bond donors (Lipinski definition) is 2. The number of piperidine rings is 1. The number of aliphatic hydroxyl groups excluding tert-OH is 1. The van der Waals surface area contributed by atoms with Crippen LogP contribution in [0.4, 0.5) is 8.78 Å². The zero-order valence-corrected chi connectivity index (χ0v) is 38.7. The van der Waals surface area contributed by atoms with Gasteiger partial charge in [0.05, 0.1) is 60.6 Å². The Morgan fingerprint density at radius 1 is 0.866 bits per heavy atom. The molecular weight excluding hydrogens is 878 g/mol. The van der Waals surface area contributed by atoms with Gasteiger partial charge in [0, 0.05) is 55.7 Å². The number of hydrogen-bond acceptors (Lipinski definition) is 8. The van der Waals surface area contributed by atoms with E-state index in [2.05, 4.69) is 15.2 Å². The number of ketones is 1. The summed E-state index contributed by atoms with van der Waals surface area (Å²) in [7, 11) is 1.97. The van der Waals surface area contributed by atoms with Crippen LogP contribution in [0.1, 0.15) is 68.0 Å². The standard InChI is InChI=1S/C52H57ClF2N6O6/c1-34-46(63)24-39(32-62)50(65)57-52(28-36-11-15-40(53)16-12-36)19-8-22-60(33-52)51(66)38(23-35-9-4-3-5-10-35)25-49(64)61(34)30-43-44(55)26-41(54)27-47(43)67-42-17-13-37(14-18-42)45-29-56-48(58(45)2)31-59-20-6-7-21-59/h3-5,9-18,26-27,29,34,38-39,62H,6-8,19-25,28,30-33H2,1-2H3,(H,57,65)/t34-,38+,39-,52+/m0/s1. The number of imidazole rings is 1. The SMILES string of the molecule is C[C@H]1C(=O)C[C@@H](CO)C(=O)N[C@@]2(Cc3ccc(Cl)cc3)CCCN(C2)C(=O)[C@H](Cc2ccccc2)CC(=O)N1Cc1c(F)cc(F)cc1Oc1ccc(-c2cnc(CN3CCCC3)n2C)cc1. The van der Waals surface area contributed by atoms with Crippen LogP contribution in [0.15, 0.2) is 97.2 Å². The molecule has 3 fully saturated rings. The normalized spacial score (nSPS) is 22.2. The monoisotopic (exact) mass is 934 g/mol. The molecule has 352 valence electrons. The van der Waals surface area contributed by atoms with E-state index in [0.717, 1.165) is 53.9 Å². The van der Waals surface area contributed by atoms with Gasteiger partial charge in [-0.2, -0.15) is 0 Å². The number of likely N-dealkylation sites (tertiary alicyclic amines) is 1. The van der Waals surface area contributed by atoms with Gasteiger partial charge in [-0.1, -0.05) is 54.1 Å². The molecule has 2 bridgehead atoms. The van der Waals surface area contributed by atoms with Gasteiger partial charge in [-0.05, 0) is 106 Å². The highest BCUT2D eigenvalue weighted by Crippen LogP contribution is 2.34. The number of nitrogens with one attached hydrogen (secondary N) is 1. The number of aliphatic hydroxyl groups is 1. The zero-order chi connectivity index (χ0) is 47.2. The van der Waals surface area contributed by atoms with Crippen LogP contribution in [-0.4, -0.2) is 97.2 Å². The first-order chi connectivity index (χ1) is 32.3. The van der Waals surface area contributed by atoms with Crippen LogP contribution in [0.2, 0.25) is 5.02 Å². The summed E-state index contributed by atoms with van der Waals surface area (Å²) in [5, 5.41) is 14.3. The number of aromatic nitrogens is 2. The Kier molecular flexibility index (Phi) is 14.8. The summed E-state index contributed by atoms with van der Waals surface area (Å²) >= 11 is 6.21. The average Bonchev–Trinajstić information content (AvgIpc) is 3.97. The fraction of sp³-hybridized carbons (Fsp3) is 0.404. The van der Waals surface area contributed by atoms with E-state index in [9.17, 15) is 24.3 Å². The highest BCUT2D eigenvalue weighted by molar-refractivity contribution is 6.30. The number of carbonyl (C=O) groups is 4. The van der Waals surface area contributed by atoms with E-state index < -0.39 is 72.2 Å². The summed E-state index contributed by atoms with van der Waals surface area (Å²) in [6, 6.07) is 24.0. The van der Waals surface area contributed by atoms with Crippen LogP contribution in [0.3, 0.4) is 0 Å². The zero-order valence-electron chi connectivity index (χ0n) is 37.9. The molecule has 0 unspecified atom stereocenters. The second kappa shape index (κ2) is 20.9. The Bertz CT molecular complexity index is 2570. The van der Waals surface area contributed by atoms with Crippen molar-refractivity contribution in [3.8, 4) is 22.8 Å². The summed E-state index contributed by atoms with van der Waals surface area (Å²) in [5.74, 6) is -5.09. The van der Waals surface area contributed by atoms with Gasteiger partial charge in [-0.25, -0.2) is 13.8 Å². The molecule has 8 rings (SSSR count). The van der Waals surface area contributed by atoms with Crippen LogP contribution >= 0.6 is 11.6 Å². The molecule has 4 heterocycles. The van der Waals surface area contributed by atoms with E-state index in [-0.39, 0.29) is 42.4 Å². The summed E-state index contributed by atoms with van der Waals surface area (Å²) in [6.07, 6.45) is 4.99. The van der Waals surface area contributed by atoms with Crippen molar-refractivity contribution >= 4 is 35.1 Å². The van der Waals surface area contributed by atoms with E-state index in [1.807, 2.05) is 72.4 Å². The van der Waals surface area contributed by atoms with Crippen molar-refractivity contribution in [3.05, 3.63) is 136 Å². The minimum Gasteiger partial charge on any atom is -0.457 e. The van der Waals surface area contributed by atoms with Crippen LogP contribution in [0.5, 0.6) is 11.5 Å². The van der Waals surface area contributed by atoms with E-state index in [0.29, 0.717) is 36.9 Å². The molecule has 3 saturated heterocycles. The van der Waals surface area contributed by atoms with E-state index in [1.54, 1.807) is 29.2 Å². The molecule has 3 amide bonds. The fourth-order valence-electron chi connectivity index (χ4n) is 9.79. The number of benzene rings is 4. The lowest BCUT2D eigenvalue weighted by Crippen LogP contribution is -2.63. The number of carbonyl (C=O) groups excluding carboxylic acids is 4. The van der Waals surface area contributed by atoms with Crippen molar-refractivity contribution in [3.63, 3.8) is 0 Å². The van der Waals surface area contributed by atoms with Gasteiger partial charge < -0.3 is 29.5 Å². The average molecular weight is 936 g/mol. The van der Waals surface area contributed by atoms with Crippen molar-refractivity contribution in [1.29, 1.82) is 0 Å². The number of rotatable bonds is 12. The predicted octanol–water partition coefficient (Wildman–Crippen LogP) is 7.67. The van der Waals surface area contributed by atoms with Gasteiger partial charge in [-0.3, -0.25) is 24.1 Å². The van der Waals surface area contributed by atoms with Crippen molar-refractivity contribution in [2.75, 3.05) is 32.8 Å². The Balaban J connectivity index is 1.10. The van der Waals surface area contributed by atoms with E-state index in [1.165, 1.54) is 24.7 Å². The molecule has 4 aromatic carbocycles. The van der Waals surface area contributed by atoms with Gasteiger partial charge in [-0.15, -0.1) is 0 Å². The van der Waals surface area contributed by atoms with Crippen molar-refractivity contribution in [1.82, 2.24) is 29.6 Å². The first-order valence-corrected chi connectivity index (χ1v) is 23.5. The molecule has 5 aromatic rings.